The number of hydrogen-bond donors (Lipinski definition) is 3. The third kappa shape index (κ3) is 6.68. The van der Waals surface area contributed by atoms with E-state index in [9.17, 15) is 8.42 Å². The Morgan fingerprint density at radius 2 is 1.77 bits per heavy atom. The summed E-state index contributed by atoms with van der Waals surface area (Å²) in [6, 6.07) is 9.62. The summed E-state index contributed by atoms with van der Waals surface area (Å²) in [5.74, 6) is 0. The number of aromatic nitrogens is 1. The van der Waals surface area contributed by atoms with Crippen molar-refractivity contribution in [1.29, 1.82) is 0 Å². The average Bonchev–Trinajstić information content (AvgIpc) is 2.74. The van der Waals surface area contributed by atoms with Crippen molar-refractivity contribution in [2.45, 2.75) is 49.6 Å². The fourth-order valence-electron chi connectivity index (χ4n) is 3.61. The zero-order chi connectivity index (χ0) is 21.4. The molecule has 1 aliphatic rings. The van der Waals surface area contributed by atoms with Crippen molar-refractivity contribution in [2.24, 2.45) is 0 Å². The van der Waals surface area contributed by atoms with E-state index in [0.29, 0.717) is 25.7 Å². The molecule has 1 heterocycles. The molecular weight excluding hydrogens is 398 g/mol. The molecule has 164 valence electrons. The predicted molar refractivity (Wildman–Crippen MR) is 122 cm³/mol. The normalized spacial score (nSPS) is 15.3. The molecule has 1 aliphatic carbocycles. The van der Waals surface area contributed by atoms with Gasteiger partial charge in [0.25, 0.3) is 0 Å². The minimum atomic E-state index is -3.57. The molecule has 1 aromatic heterocycles. The van der Waals surface area contributed by atoms with Gasteiger partial charge < -0.3 is 15.5 Å². The second-order valence-corrected chi connectivity index (χ2v) is 9.86. The molecule has 1 aromatic carbocycles. The molecule has 0 radical (unpaired) electrons. The first-order valence-corrected chi connectivity index (χ1v) is 12.1. The molecule has 2 aromatic rings. The van der Waals surface area contributed by atoms with Gasteiger partial charge in [0, 0.05) is 38.1 Å². The molecule has 0 bridgehead atoms. The van der Waals surface area contributed by atoms with Crippen LogP contribution in [0.1, 0.15) is 37.7 Å². The molecule has 0 atom stereocenters. The van der Waals surface area contributed by atoms with E-state index in [0.717, 1.165) is 29.8 Å². The lowest BCUT2D eigenvalue weighted by Gasteiger charge is -2.25. The molecule has 3 rings (SSSR count). The number of nitrogens with zero attached hydrogens (tertiary/aromatic N) is 2. The highest BCUT2D eigenvalue weighted by Crippen LogP contribution is 2.29. The summed E-state index contributed by atoms with van der Waals surface area (Å²) in [5.41, 5.74) is 2.84. The molecule has 0 amide bonds. The Morgan fingerprint density at radius 1 is 1.03 bits per heavy atom. The van der Waals surface area contributed by atoms with E-state index in [1.54, 1.807) is 24.5 Å². The van der Waals surface area contributed by atoms with Crippen molar-refractivity contribution >= 4 is 21.4 Å². The van der Waals surface area contributed by atoms with Crippen molar-refractivity contribution < 1.29 is 8.42 Å². The molecule has 3 N–H and O–H groups in total. The highest BCUT2D eigenvalue weighted by Gasteiger charge is 2.18. The van der Waals surface area contributed by atoms with Gasteiger partial charge in [-0.2, -0.15) is 0 Å². The minimum Gasteiger partial charge on any atom is -0.381 e. The van der Waals surface area contributed by atoms with Gasteiger partial charge in [0.1, 0.15) is 0 Å². The molecule has 8 heteroatoms. The molecule has 0 spiro atoms. The van der Waals surface area contributed by atoms with Crippen LogP contribution in [0.4, 0.5) is 11.4 Å². The van der Waals surface area contributed by atoms with Crippen LogP contribution < -0.4 is 15.4 Å². The number of nitrogens with one attached hydrogen (secondary N) is 3. The van der Waals surface area contributed by atoms with Crippen LogP contribution >= 0.6 is 0 Å². The Labute approximate surface area is 180 Å². The maximum atomic E-state index is 12.8. The number of rotatable bonds is 10. The summed E-state index contributed by atoms with van der Waals surface area (Å²) in [6.07, 6.45) is 9.58. The molecule has 30 heavy (non-hydrogen) atoms. The third-order valence-electron chi connectivity index (χ3n) is 5.35. The number of pyridine rings is 1. The van der Waals surface area contributed by atoms with Gasteiger partial charge in [-0.15, -0.1) is 0 Å². The van der Waals surface area contributed by atoms with Gasteiger partial charge in [-0.1, -0.05) is 19.3 Å². The van der Waals surface area contributed by atoms with Gasteiger partial charge in [0.15, 0.2) is 0 Å². The second-order valence-electron chi connectivity index (χ2n) is 8.10. The Morgan fingerprint density at radius 3 is 2.47 bits per heavy atom. The van der Waals surface area contributed by atoms with Crippen LogP contribution in [0.5, 0.6) is 0 Å². The van der Waals surface area contributed by atoms with Crippen LogP contribution in [0.25, 0.3) is 0 Å². The molecule has 7 nitrogen and oxygen atoms in total. The quantitative estimate of drug-likeness (QED) is 0.535. The van der Waals surface area contributed by atoms with Gasteiger partial charge in [-0.3, -0.25) is 4.98 Å². The maximum Gasteiger partial charge on any atom is 0.240 e. The van der Waals surface area contributed by atoms with E-state index in [4.69, 9.17) is 0 Å². The Kier molecular flexibility index (Phi) is 8.07. The maximum absolute atomic E-state index is 12.8. The molecule has 0 unspecified atom stereocenters. The van der Waals surface area contributed by atoms with Crippen LogP contribution in [0.3, 0.4) is 0 Å². The number of likely N-dealkylation sites (N-methyl/N-ethyl adjacent to an activating group) is 1. The average molecular weight is 432 g/mol. The predicted octanol–water partition coefficient (Wildman–Crippen LogP) is 3.28. The summed E-state index contributed by atoms with van der Waals surface area (Å²) >= 11 is 0. The van der Waals surface area contributed by atoms with Gasteiger partial charge >= 0.3 is 0 Å². The van der Waals surface area contributed by atoms with E-state index < -0.39 is 10.0 Å². The second kappa shape index (κ2) is 10.7. The Balaban J connectivity index is 1.79. The third-order valence-corrected chi connectivity index (χ3v) is 6.81. The van der Waals surface area contributed by atoms with Crippen LogP contribution in [-0.4, -0.2) is 51.5 Å². The summed E-state index contributed by atoms with van der Waals surface area (Å²) in [4.78, 5) is 6.27. The lowest BCUT2D eigenvalue weighted by atomic mass is 9.95. The van der Waals surface area contributed by atoms with Gasteiger partial charge in [-0.05, 0) is 62.8 Å². The van der Waals surface area contributed by atoms with Crippen LogP contribution in [0.15, 0.2) is 47.6 Å². The monoisotopic (exact) mass is 431 g/mol. The van der Waals surface area contributed by atoms with Crippen molar-refractivity contribution in [3.8, 4) is 0 Å². The summed E-state index contributed by atoms with van der Waals surface area (Å²) in [6.45, 7) is 1.62. The van der Waals surface area contributed by atoms with Crippen LogP contribution in [0.2, 0.25) is 0 Å². The number of sulfonamides is 1. The first kappa shape index (κ1) is 22.5. The lowest BCUT2D eigenvalue weighted by Crippen LogP contribution is -2.31. The van der Waals surface area contributed by atoms with E-state index in [2.05, 4.69) is 20.3 Å². The first-order valence-electron chi connectivity index (χ1n) is 10.6. The van der Waals surface area contributed by atoms with Gasteiger partial charge in [0.05, 0.1) is 16.3 Å². The highest BCUT2D eigenvalue weighted by molar-refractivity contribution is 7.89. The standard InChI is InChI=1S/C22H33N5O2S/c1-27(2)15-14-25-30(28,29)20-8-9-21(26-19-6-4-3-5-7-19)22(16-20)24-17-18-10-12-23-13-11-18/h8-13,16,19,24-26H,3-7,14-15,17H2,1-2H3. The van der Waals surface area contributed by atoms with E-state index in [1.807, 2.05) is 37.2 Å². The molecule has 1 saturated carbocycles. The zero-order valence-electron chi connectivity index (χ0n) is 17.9. The molecular formula is C22H33N5O2S. The fraction of sp³-hybridized carbons (Fsp3) is 0.500. The SMILES string of the molecule is CN(C)CCNS(=O)(=O)c1ccc(NC2CCCCC2)c(NCc2ccncc2)c1. The minimum absolute atomic E-state index is 0.271. The topological polar surface area (TPSA) is 86.4 Å². The molecule has 0 aliphatic heterocycles. The Bertz CT molecular complexity index is 897. The van der Waals surface area contributed by atoms with E-state index in [-0.39, 0.29) is 4.90 Å². The van der Waals surface area contributed by atoms with Gasteiger partial charge in [-0.25, -0.2) is 13.1 Å². The van der Waals surface area contributed by atoms with Crippen molar-refractivity contribution in [3.05, 3.63) is 48.3 Å². The first-order chi connectivity index (χ1) is 14.4. The van der Waals surface area contributed by atoms with Crippen LogP contribution in [0, 0.1) is 0 Å². The summed E-state index contributed by atoms with van der Waals surface area (Å²) < 4.78 is 28.2. The van der Waals surface area contributed by atoms with Crippen molar-refractivity contribution in [2.75, 3.05) is 37.8 Å². The molecule has 0 saturated heterocycles. The number of hydrogen-bond acceptors (Lipinski definition) is 6. The van der Waals surface area contributed by atoms with E-state index in [1.165, 1.54) is 19.3 Å². The molecule has 1 fully saturated rings. The van der Waals surface area contributed by atoms with Gasteiger partial charge in [0.2, 0.25) is 10.0 Å². The smallest absolute Gasteiger partial charge is 0.240 e. The highest BCUT2D eigenvalue weighted by atomic mass is 32.2. The summed E-state index contributed by atoms with van der Waals surface area (Å²) in [5, 5.41) is 7.04. The number of benzene rings is 1. The van der Waals surface area contributed by atoms with Crippen molar-refractivity contribution in [1.82, 2.24) is 14.6 Å². The zero-order valence-corrected chi connectivity index (χ0v) is 18.7. The van der Waals surface area contributed by atoms with Crippen LogP contribution in [-0.2, 0) is 16.6 Å². The fourth-order valence-corrected chi connectivity index (χ4v) is 4.66. The largest absolute Gasteiger partial charge is 0.381 e. The summed E-state index contributed by atoms with van der Waals surface area (Å²) in [7, 11) is 0.270. The Hall–Kier alpha value is -2.16. The lowest BCUT2D eigenvalue weighted by molar-refractivity contribution is 0.412. The van der Waals surface area contributed by atoms with E-state index >= 15 is 0 Å². The number of anilines is 2. The van der Waals surface area contributed by atoms with Crippen molar-refractivity contribution in [3.63, 3.8) is 0 Å².